The molecule has 0 bridgehead atoms. The number of halogens is 1. The largest absolute Gasteiger partial charge is 0.308 e. The van der Waals surface area contributed by atoms with E-state index in [0.717, 1.165) is 24.2 Å². The minimum Gasteiger partial charge on any atom is -0.308 e. The zero-order valence-corrected chi connectivity index (χ0v) is 14.3. The highest BCUT2D eigenvalue weighted by Crippen LogP contribution is 2.14. The predicted octanol–water partition coefficient (Wildman–Crippen LogP) is 4.34. The Balaban J connectivity index is 2.60. The predicted molar refractivity (Wildman–Crippen MR) is 88.9 cm³/mol. The van der Waals surface area contributed by atoms with Crippen LogP contribution in [-0.2, 0) is 13.1 Å². The molecule has 0 amide bonds. The normalized spacial score (nSPS) is 12.1. The average molecular weight is 294 g/mol. The fourth-order valence-corrected chi connectivity index (χ4v) is 2.23. The molecule has 1 rings (SSSR count). The third kappa shape index (κ3) is 7.58. The summed E-state index contributed by atoms with van der Waals surface area (Å²) in [6, 6.07) is 5.45. The summed E-state index contributed by atoms with van der Waals surface area (Å²) in [7, 11) is 2.06. The van der Waals surface area contributed by atoms with Gasteiger partial charge in [-0.05, 0) is 52.4 Å². The number of rotatable bonds is 8. The van der Waals surface area contributed by atoms with Crippen LogP contribution in [0.4, 0.5) is 4.39 Å². The van der Waals surface area contributed by atoms with Crippen LogP contribution in [0.15, 0.2) is 18.2 Å². The van der Waals surface area contributed by atoms with Gasteiger partial charge in [0.05, 0.1) is 0 Å². The third-order valence-corrected chi connectivity index (χ3v) is 3.52. The van der Waals surface area contributed by atoms with E-state index in [1.165, 1.54) is 19.3 Å². The van der Waals surface area contributed by atoms with Gasteiger partial charge in [-0.3, -0.25) is 0 Å². The van der Waals surface area contributed by atoms with Crippen LogP contribution in [0, 0.1) is 5.82 Å². The van der Waals surface area contributed by atoms with E-state index < -0.39 is 0 Å². The van der Waals surface area contributed by atoms with E-state index in [-0.39, 0.29) is 11.4 Å². The van der Waals surface area contributed by atoms with Crippen molar-refractivity contribution in [1.29, 1.82) is 0 Å². The smallest absolute Gasteiger partial charge is 0.127 e. The van der Waals surface area contributed by atoms with Crippen LogP contribution in [0.5, 0.6) is 0 Å². The molecule has 0 saturated heterocycles. The Labute approximate surface area is 129 Å². The maximum Gasteiger partial charge on any atom is 0.127 e. The van der Waals surface area contributed by atoms with Crippen LogP contribution in [-0.4, -0.2) is 24.0 Å². The summed E-state index contributed by atoms with van der Waals surface area (Å²) in [6.45, 7) is 11.1. The van der Waals surface area contributed by atoms with Crippen molar-refractivity contribution in [2.24, 2.45) is 0 Å². The lowest BCUT2D eigenvalue weighted by molar-refractivity contribution is 0.313. The molecule has 0 aliphatic heterocycles. The molecule has 0 spiro atoms. The van der Waals surface area contributed by atoms with Gasteiger partial charge in [0.15, 0.2) is 0 Å². The van der Waals surface area contributed by atoms with Gasteiger partial charge in [-0.2, -0.15) is 0 Å². The van der Waals surface area contributed by atoms with E-state index in [0.29, 0.717) is 6.54 Å². The second-order valence-electron chi connectivity index (χ2n) is 6.97. The van der Waals surface area contributed by atoms with E-state index in [9.17, 15) is 4.39 Å². The first kappa shape index (κ1) is 18.1. The molecule has 1 N–H and O–H groups in total. The number of unbranched alkanes of at least 4 members (excludes halogenated alkanes) is 2. The minimum absolute atomic E-state index is 0.0749. The van der Waals surface area contributed by atoms with Crippen LogP contribution in [0.25, 0.3) is 0 Å². The molecule has 0 saturated carbocycles. The van der Waals surface area contributed by atoms with E-state index in [2.05, 4.69) is 45.0 Å². The molecular formula is C18H31FN2. The van der Waals surface area contributed by atoms with Crippen LogP contribution in [0.3, 0.4) is 0 Å². The van der Waals surface area contributed by atoms with Gasteiger partial charge < -0.3 is 10.2 Å². The van der Waals surface area contributed by atoms with Crippen LogP contribution in [0.2, 0.25) is 0 Å². The first-order chi connectivity index (χ1) is 9.81. The molecule has 0 aromatic heterocycles. The maximum absolute atomic E-state index is 13.9. The topological polar surface area (TPSA) is 15.3 Å². The zero-order valence-electron chi connectivity index (χ0n) is 14.3. The molecule has 0 atom stereocenters. The molecule has 3 heteroatoms. The van der Waals surface area contributed by atoms with E-state index in [1.807, 2.05) is 12.1 Å². The lowest BCUT2D eigenvalue weighted by atomic mass is 10.1. The van der Waals surface area contributed by atoms with Crippen molar-refractivity contribution in [2.45, 2.75) is 65.6 Å². The first-order valence-corrected chi connectivity index (χ1v) is 8.02. The Morgan fingerprint density at radius 3 is 2.52 bits per heavy atom. The number of benzene rings is 1. The third-order valence-electron chi connectivity index (χ3n) is 3.52. The molecule has 0 fully saturated rings. The standard InChI is InChI=1S/C18H31FN2/c1-6-7-8-11-21(5)14-16-12-15(9-10-17(16)19)13-20-18(2,3)4/h9-10,12,20H,6-8,11,13-14H2,1-5H3. The van der Waals surface area contributed by atoms with Crippen molar-refractivity contribution in [1.82, 2.24) is 10.2 Å². The molecule has 1 aromatic carbocycles. The Hall–Kier alpha value is -0.930. The minimum atomic E-state index is -0.100. The lowest BCUT2D eigenvalue weighted by Gasteiger charge is -2.21. The number of nitrogens with one attached hydrogen (secondary N) is 1. The molecule has 1 aromatic rings. The van der Waals surface area contributed by atoms with Gasteiger partial charge in [-0.1, -0.05) is 31.9 Å². The van der Waals surface area contributed by atoms with Gasteiger partial charge in [0.25, 0.3) is 0 Å². The molecule has 2 nitrogen and oxygen atoms in total. The van der Waals surface area contributed by atoms with Gasteiger partial charge in [-0.25, -0.2) is 4.39 Å². The first-order valence-electron chi connectivity index (χ1n) is 8.02. The SMILES string of the molecule is CCCCCN(C)Cc1cc(CNC(C)(C)C)ccc1F. The summed E-state index contributed by atoms with van der Waals surface area (Å²) in [4.78, 5) is 2.20. The summed E-state index contributed by atoms with van der Waals surface area (Å²) in [5.41, 5.74) is 2.01. The monoisotopic (exact) mass is 294 g/mol. The summed E-state index contributed by atoms with van der Waals surface area (Å²) < 4.78 is 13.9. The summed E-state index contributed by atoms with van der Waals surface area (Å²) in [5.74, 6) is -0.100. The molecular weight excluding hydrogens is 263 g/mol. The van der Waals surface area contributed by atoms with Gasteiger partial charge in [0.1, 0.15) is 5.82 Å². The molecule has 21 heavy (non-hydrogen) atoms. The number of hydrogen-bond acceptors (Lipinski definition) is 2. The van der Waals surface area contributed by atoms with Crippen molar-refractivity contribution in [3.63, 3.8) is 0 Å². The fourth-order valence-electron chi connectivity index (χ4n) is 2.23. The van der Waals surface area contributed by atoms with Crippen molar-refractivity contribution in [2.75, 3.05) is 13.6 Å². The molecule has 0 unspecified atom stereocenters. The van der Waals surface area contributed by atoms with Gasteiger partial charge in [-0.15, -0.1) is 0 Å². The highest BCUT2D eigenvalue weighted by atomic mass is 19.1. The van der Waals surface area contributed by atoms with Crippen molar-refractivity contribution >= 4 is 0 Å². The summed E-state index contributed by atoms with van der Waals surface area (Å²) in [5, 5.41) is 3.44. The van der Waals surface area contributed by atoms with Crippen molar-refractivity contribution in [3.05, 3.63) is 35.1 Å². The second-order valence-corrected chi connectivity index (χ2v) is 6.97. The van der Waals surface area contributed by atoms with Gasteiger partial charge in [0, 0.05) is 24.2 Å². The van der Waals surface area contributed by atoms with Gasteiger partial charge >= 0.3 is 0 Å². The van der Waals surface area contributed by atoms with Crippen LogP contribution in [0.1, 0.15) is 58.1 Å². The molecule has 120 valence electrons. The Kier molecular flexibility index (Phi) is 7.33. The number of hydrogen-bond donors (Lipinski definition) is 1. The Morgan fingerprint density at radius 2 is 1.90 bits per heavy atom. The molecule has 0 radical (unpaired) electrons. The fraction of sp³-hybridized carbons (Fsp3) is 0.667. The molecule has 0 heterocycles. The van der Waals surface area contributed by atoms with E-state index >= 15 is 0 Å². The Morgan fingerprint density at radius 1 is 1.19 bits per heavy atom. The lowest BCUT2D eigenvalue weighted by Crippen LogP contribution is -2.35. The quantitative estimate of drug-likeness (QED) is 0.718. The van der Waals surface area contributed by atoms with Gasteiger partial charge in [0.2, 0.25) is 0 Å². The summed E-state index contributed by atoms with van der Waals surface area (Å²) >= 11 is 0. The van der Waals surface area contributed by atoms with Crippen LogP contribution >= 0.6 is 0 Å². The molecule has 0 aliphatic carbocycles. The zero-order chi connectivity index (χ0) is 15.9. The maximum atomic E-state index is 13.9. The van der Waals surface area contributed by atoms with Crippen molar-refractivity contribution in [3.8, 4) is 0 Å². The molecule has 0 aliphatic rings. The summed E-state index contributed by atoms with van der Waals surface area (Å²) in [6.07, 6.45) is 3.64. The highest BCUT2D eigenvalue weighted by Gasteiger charge is 2.10. The number of nitrogens with zero attached hydrogens (tertiary/aromatic N) is 1. The van der Waals surface area contributed by atoms with E-state index in [4.69, 9.17) is 0 Å². The second kappa shape index (κ2) is 8.50. The Bertz CT molecular complexity index is 424. The van der Waals surface area contributed by atoms with Crippen LogP contribution < -0.4 is 5.32 Å². The average Bonchev–Trinajstić information content (AvgIpc) is 2.39. The van der Waals surface area contributed by atoms with Crippen molar-refractivity contribution < 1.29 is 4.39 Å². The highest BCUT2D eigenvalue weighted by molar-refractivity contribution is 5.25. The van der Waals surface area contributed by atoms with E-state index in [1.54, 1.807) is 6.07 Å².